The van der Waals surface area contributed by atoms with E-state index in [0.717, 1.165) is 6.42 Å². The summed E-state index contributed by atoms with van der Waals surface area (Å²) in [6.45, 7) is 6.65. The Morgan fingerprint density at radius 2 is 1.62 bits per heavy atom. The molecule has 0 aromatic heterocycles. The smallest absolute Gasteiger partial charge is 0.0436 e. The summed E-state index contributed by atoms with van der Waals surface area (Å²) in [5.41, 5.74) is 0.300. The largest absolute Gasteiger partial charge is 0.396 e. The Morgan fingerprint density at radius 3 is 1.62 bits per heavy atom. The van der Waals surface area contributed by atoms with Crippen LogP contribution < -0.4 is 0 Å². The van der Waals surface area contributed by atoms with Gasteiger partial charge in [-0.15, -0.1) is 0 Å². The first-order valence-corrected chi connectivity index (χ1v) is 2.67. The molecule has 0 aliphatic carbocycles. The van der Waals surface area contributed by atoms with E-state index in [1.807, 2.05) is 0 Å². The van der Waals surface area contributed by atoms with Gasteiger partial charge in [-0.2, -0.15) is 0 Å². The Labute approximate surface area is 87.4 Å². The minimum absolute atomic E-state index is 0. The normalized spacial score (nSPS) is 10.5. The molecule has 0 saturated carbocycles. The van der Waals surface area contributed by atoms with Gasteiger partial charge in [0.2, 0.25) is 0 Å². The Balaban J connectivity index is 0. The van der Waals surface area contributed by atoms with Gasteiger partial charge in [-0.3, -0.25) is 0 Å². The van der Waals surface area contributed by atoms with Crippen LogP contribution in [-0.4, -0.2) is 11.7 Å². The Bertz CT molecular complexity index is 47.0. The van der Waals surface area contributed by atoms with Gasteiger partial charge < -0.3 is 5.11 Å². The molecule has 0 heterocycles. The van der Waals surface area contributed by atoms with Crippen LogP contribution in [0.2, 0.25) is 0 Å². The van der Waals surface area contributed by atoms with Crippen LogP contribution >= 0.6 is 0 Å². The molecule has 0 unspecified atom stereocenters. The standard InChI is InChI=1S/C6H14O.Ac/c1-6(2,3)4-5-7;/h7H,4-5H2,1-3H3;. The topological polar surface area (TPSA) is 20.2 Å². The molecular weight excluding hydrogens is 315 g/mol. The summed E-state index contributed by atoms with van der Waals surface area (Å²) in [5.74, 6) is 0. The van der Waals surface area contributed by atoms with E-state index in [2.05, 4.69) is 20.8 Å². The van der Waals surface area contributed by atoms with Gasteiger partial charge in [-0.1, -0.05) is 20.8 Å². The maximum atomic E-state index is 8.40. The van der Waals surface area contributed by atoms with Crippen molar-refractivity contribution in [2.45, 2.75) is 27.2 Å². The molecule has 47 valence electrons. The summed E-state index contributed by atoms with van der Waals surface area (Å²) in [7, 11) is 0. The first kappa shape index (κ1) is 12.1. The fraction of sp³-hybridized carbons (Fsp3) is 1.00. The summed E-state index contributed by atoms with van der Waals surface area (Å²) in [4.78, 5) is 0. The molecule has 0 aromatic rings. The molecule has 0 amide bonds. The molecule has 1 radical (unpaired) electrons. The van der Waals surface area contributed by atoms with Crippen molar-refractivity contribution in [1.29, 1.82) is 0 Å². The van der Waals surface area contributed by atoms with Crippen molar-refractivity contribution in [2.24, 2.45) is 5.41 Å². The van der Waals surface area contributed by atoms with Crippen molar-refractivity contribution < 1.29 is 49.2 Å². The molecule has 0 spiro atoms. The van der Waals surface area contributed by atoms with Gasteiger partial charge in [-0.05, 0) is 11.8 Å². The molecule has 0 saturated heterocycles. The third-order valence-electron chi connectivity index (χ3n) is 0.862. The molecule has 1 N–H and O–H groups in total. The molecule has 0 atom stereocenters. The van der Waals surface area contributed by atoms with E-state index in [9.17, 15) is 0 Å². The molecule has 0 bridgehead atoms. The van der Waals surface area contributed by atoms with Crippen LogP contribution in [0.4, 0.5) is 0 Å². The second kappa shape index (κ2) is 5.21. The van der Waals surface area contributed by atoms with Crippen molar-refractivity contribution in [3.63, 3.8) is 0 Å². The van der Waals surface area contributed by atoms with Gasteiger partial charge in [0.25, 0.3) is 0 Å². The van der Waals surface area contributed by atoms with Crippen LogP contribution in [-0.2, 0) is 0 Å². The molecule has 2 heteroatoms. The number of hydrogen-bond acceptors (Lipinski definition) is 1. The van der Waals surface area contributed by atoms with E-state index >= 15 is 0 Å². The van der Waals surface area contributed by atoms with Gasteiger partial charge in [0, 0.05) is 50.7 Å². The van der Waals surface area contributed by atoms with Crippen LogP contribution in [0, 0.1) is 49.5 Å². The molecule has 8 heavy (non-hydrogen) atoms. The third kappa shape index (κ3) is 10.4. The summed E-state index contributed by atoms with van der Waals surface area (Å²) in [6, 6.07) is 0. The molecule has 0 aliphatic rings. The maximum Gasteiger partial charge on any atom is 0.0436 e. The zero-order valence-electron chi connectivity index (χ0n) is 5.94. The van der Waals surface area contributed by atoms with E-state index in [-0.39, 0.29) is 44.1 Å². The predicted octanol–water partition coefficient (Wildman–Crippen LogP) is 1.41. The Morgan fingerprint density at radius 1 is 1.25 bits per heavy atom. The minimum atomic E-state index is 0. The molecular formula is C6H14AcO. The Kier molecular flexibility index (Phi) is 7.88. The number of rotatable bonds is 1. The van der Waals surface area contributed by atoms with Crippen LogP contribution in [0.3, 0.4) is 0 Å². The molecule has 0 aliphatic heterocycles. The van der Waals surface area contributed by atoms with Gasteiger partial charge in [0.1, 0.15) is 0 Å². The van der Waals surface area contributed by atoms with Gasteiger partial charge in [0.05, 0.1) is 0 Å². The quantitative estimate of drug-likeness (QED) is 0.771. The molecule has 0 rings (SSSR count). The zero-order chi connectivity index (χ0) is 5.91. The fourth-order valence-corrected chi connectivity index (χ4v) is 0.335. The summed E-state index contributed by atoms with van der Waals surface area (Å²) in [5, 5.41) is 8.40. The SMILES string of the molecule is CC(C)(C)CCO.[Ac]. The van der Waals surface area contributed by atoms with E-state index in [4.69, 9.17) is 5.11 Å². The zero-order valence-corrected chi connectivity index (χ0v) is 10.7. The van der Waals surface area contributed by atoms with Crippen LogP contribution in [0.15, 0.2) is 0 Å². The number of hydrogen-bond donors (Lipinski definition) is 1. The van der Waals surface area contributed by atoms with E-state index in [1.54, 1.807) is 0 Å². The van der Waals surface area contributed by atoms with Crippen molar-refractivity contribution in [3.8, 4) is 0 Å². The molecule has 0 fully saturated rings. The first-order chi connectivity index (χ1) is 3.06. The van der Waals surface area contributed by atoms with Crippen LogP contribution in [0.5, 0.6) is 0 Å². The van der Waals surface area contributed by atoms with Crippen molar-refractivity contribution in [2.75, 3.05) is 6.61 Å². The number of aliphatic hydroxyl groups excluding tert-OH is 1. The second-order valence-corrected chi connectivity index (χ2v) is 3.03. The van der Waals surface area contributed by atoms with E-state index in [1.165, 1.54) is 0 Å². The van der Waals surface area contributed by atoms with Crippen LogP contribution in [0.1, 0.15) is 27.2 Å². The van der Waals surface area contributed by atoms with Crippen LogP contribution in [0.25, 0.3) is 0 Å². The third-order valence-corrected chi connectivity index (χ3v) is 0.862. The van der Waals surface area contributed by atoms with Gasteiger partial charge >= 0.3 is 0 Å². The van der Waals surface area contributed by atoms with Gasteiger partial charge in [0.15, 0.2) is 0 Å². The first-order valence-electron chi connectivity index (χ1n) is 2.67. The molecule has 0 aromatic carbocycles. The van der Waals surface area contributed by atoms with Crippen molar-refractivity contribution in [3.05, 3.63) is 0 Å². The van der Waals surface area contributed by atoms with Crippen molar-refractivity contribution >= 4 is 0 Å². The van der Waals surface area contributed by atoms with Gasteiger partial charge in [-0.25, -0.2) is 0 Å². The number of aliphatic hydroxyl groups is 1. The summed E-state index contributed by atoms with van der Waals surface area (Å²) < 4.78 is 0. The average Bonchev–Trinajstić information content (AvgIpc) is 1.30. The second-order valence-electron chi connectivity index (χ2n) is 3.03. The maximum absolute atomic E-state index is 8.40. The predicted molar refractivity (Wildman–Crippen MR) is 31.2 cm³/mol. The summed E-state index contributed by atoms with van der Waals surface area (Å²) in [6.07, 6.45) is 0.896. The fourth-order valence-electron chi connectivity index (χ4n) is 0.335. The molecule has 1 nitrogen and oxygen atoms in total. The van der Waals surface area contributed by atoms with Crippen molar-refractivity contribution in [1.82, 2.24) is 0 Å². The Hall–Kier alpha value is 1.40. The van der Waals surface area contributed by atoms with E-state index in [0.29, 0.717) is 12.0 Å². The summed E-state index contributed by atoms with van der Waals surface area (Å²) >= 11 is 0. The monoisotopic (exact) mass is 329 g/mol. The average molecular weight is 329 g/mol. The van der Waals surface area contributed by atoms with E-state index < -0.39 is 0 Å². The minimum Gasteiger partial charge on any atom is -0.396 e.